The van der Waals surface area contributed by atoms with Crippen molar-refractivity contribution in [3.05, 3.63) is 28.7 Å². The monoisotopic (exact) mass is 221 g/mol. The standard InChI is InChI=1S/C11H16BNO3/c1-8-11(2,3)16-12(15-8)9-5-6-10(14)13(4)7-9/h5-8H,1-4H3. The quantitative estimate of drug-likeness (QED) is 0.640. The third kappa shape index (κ3) is 1.93. The molecule has 0 aromatic carbocycles. The van der Waals surface area contributed by atoms with Crippen LogP contribution in [0.15, 0.2) is 23.1 Å². The highest BCUT2D eigenvalue weighted by atomic mass is 16.7. The molecule has 0 spiro atoms. The number of rotatable bonds is 1. The van der Waals surface area contributed by atoms with Gasteiger partial charge < -0.3 is 13.9 Å². The molecular formula is C11H16BNO3. The zero-order valence-electron chi connectivity index (χ0n) is 10.1. The topological polar surface area (TPSA) is 40.5 Å². The van der Waals surface area contributed by atoms with Crippen LogP contribution in [0.25, 0.3) is 0 Å². The van der Waals surface area contributed by atoms with Crippen LogP contribution in [0.1, 0.15) is 20.8 Å². The van der Waals surface area contributed by atoms with Gasteiger partial charge in [0.2, 0.25) is 5.56 Å². The van der Waals surface area contributed by atoms with Gasteiger partial charge in [-0.3, -0.25) is 4.79 Å². The van der Waals surface area contributed by atoms with Crippen LogP contribution >= 0.6 is 0 Å². The number of hydrogen-bond donors (Lipinski definition) is 0. The minimum Gasteiger partial charge on any atom is -0.402 e. The van der Waals surface area contributed by atoms with Crippen LogP contribution in [0.4, 0.5) is 0 Å². The van der Waals surface area contributed by atoms with E-state index in [4.69, 9.17) is 9.31 Å². The fourth-order valence-corrected chi connectivity index (χ4v) is 1.65. The number of nitrogens with zero attached hydrogens (tertiary/aromatic N) is 1. The molecule has 1 aromatic rings. The number of aryl methyl sites for hydroxylation is 1. The van der Waals surface area contributed by atoms with E-state index in [1.54, 1.807) is 19.3 Å². The maximum Gasteiger partial charge on any atom is 0.496 e. The van der Waals surface area contributed by atoms with Crippen molar-refractivity contribution in [2.45, 2.75) is 32.5 Å². The fraction of sp³-hybridized carbons (Fsp3) is 0.545. The van der Waals surface area contributed by atoms with E-state index in [0.717, 1.165) is 5.46 Å². The molecule has 1 unspecified atom stereocenters. The van der Waals surface area contributed by atoms with Gasteiger partial charge in [-0.05, 0) is 26.2 Å². The SMILES string of the molecule is CC1OB(c2ccc(=O)n(C)c2)OC1(C)C. The Bertz CT molecular complexity index is 455. The van der Waals surface area contributed by atoms with Gasteiger partial charge in [-0.15, -0.1) is 0 Å². The van der Waals surface area contributed by atoms with E-state index in [-0.39, 0.29) is 24.4 Å². The molecule has 1 atom stereocenters. The molecule has 2 rings (SSSR count). The van der Waals surface area contributed by atoms with Crippen LogP contribution in [-0.4, -0.2) is 23.4 Å². The van der Waals surface area contributed by atoms with Gasteiger partial charge in [0.15, 0.2) is 0 Å². The second-order valence-electron chi connectivity index (χ2n) is 4.74. The molecule has 1 fully saturated rings. The molecule has 1 aliphatic rings. The zero-order chi connectivity index (χ0) is 11.9. The molecule has 0 N–H and O–H groups in total. The van der Waals surface area contributed by atoms with Gasteiger partial charge in [-0.25, -0.2) is 0 Å². The minimum atomic E-state index is -0.378. The first-order chi connectivity index (χ1) is 7.40. The predicted octanol–water partition coefficient (Wildman–Crippen LogP) is 0.294. The third-order valence-corrected chi connectivity index (χ3v) is 3.10. The highest BCUT2D eigenvalue weighted by molar-refractivity contribution is 6.61. The van der Waals surface area contributed by atoms with Crippen molar-refractivity contribution >= 4 is 12.6 Å². The van der Waals surface area contributed by atoms with E-state index in [1.807, 2.05) is 20.8 Å². The van der Waals surface area contributed by atoms with Crippen LogP contribution in [0.5, 0.6) is 0 Å². The molecule has 2 heterocycles. The number of aromatic nitrogens is 1. The van der Waals surface area contributed by atoms with E-state index in [2.05, 4.69) is 0 Å². The lowest BCUT2D eigenvalue weighted by molar-refractivity contribution is 0.0842. The normalized spacial score (nSPS) is 23.8. The third-order valence-electron chi connectivity index (χ3n) is 3.10. The average Bonchev–Trinajstić information content (AvgIpc) is 2.46. The molecule has 0 radical (unpaired) electrons. The summed E-state index contributed by atoms with van der Waals surface area (Å²) in [7, 11) is 1.34. The van der Waals surface area contributed by atoms with Gasteiger partial charge in [-0.1, -0.05) is 6.07 Å². The summed E-state index contributed by atoms with van der Waals surface area (Å²) in [6.45, 7) is 5.99. The van der Waals surface area contributed by atoms with Crippen molar-refractivity contribution in [2.75, 3.05) is 0 Å². The van der Waals surface area contributed by atoms with Crippen LogP contribution in [-0.2, 0) is 16.4 Å². The summed E-state index contributed by atoms with van der Waals surface area (Å²) in [6.07, 6.45) is 1.79. The molecule has 1 aliphatic heterocycles. The highest BCUT2D eigenvalue weighted by Crippen LogP contribution is 2.26. The number of hydrogen-bond acceptors (Lipinski definition) is 3. The average molecular weight is 221 g/mol. The minimum absolute atomic E-state index is 0.0333. The molecule has 0 bridgehead atoms. The second kappa shape index (κ2) is 3.75. The Kier molecular flexibility index (Phi) is 2.68. The summed E-state index contributed by atoms with van der Waals surface area (Å²) in [4.78, 5) is 11.3. The van der Waals surface area contributed by atoms with E-state index in [9.17, 15) is 4.79 Å². The molecule has 1 saturated heterocycles. The Hall–Kier alpha value is -1.07. The first kappa shape index (κ1) is 11.4. The summed E-state index contributed by atoms with van der Waals surface area (Å²) >= 11 is 0. The Morgan fingerprint density at radius 2 is 2.12 bits per heavy atom. The van der Waals surface area contributed by atoms with Gasteiger partial charge in [0.1, 0.15) is 0 Å². The van der Waals surface area contributed by atoms with Gasteiger partial charge in [0.25, 0.3) is 0 Å². The molecule has 0 amide bonds. The second-order valence-corrected chi connectivity index (χ2v) is 4.74. The van der Waals surface area contributed by atoms with Gasteiger partial charge in [-0.2, -0.15) is 0 Å². The molecule has 0 aliphatic carbocycles. The summed E-state index contributed by atoms with van der Waals surface area (Å²) < 4.78 is 13.1. The largest absolute Gasteiger partial charge is 0.496 e. The first-order valence-corrected chi connectivity index (χ1v) is 5.40. The van der Waals surface area contributed by atoms with Crippen molar-refractivity contribution in [1.29, 1.82) is 0 Å². The predicted molar refractivity (Wildman–Crippen MR) is 62.8 cm³/mol. The molecule has 5 heteroatoms. The van der Waals surface area contributed by atoms with Gasteiger partial charge >= 0.3 is 7.12 Å². The fourth-order valence-electron chi connectivity index (χ4n) is 1.65. The van der Waals surface area contributed by atoms with E-state index >= 15 is 0 Å². The summed E-state index contributed by atoms with van der Waals surface area (Å²) in [5, 5.41) is 0. The van der Waals surface area contributed by atoms with Crippen LogP contribution < -0.4 is 11.0 Å². The Labute approximate surface area is 95.3 Å². The number of pyridine rings is 1. The lowest BCUT2D eigenvalue weighted by Crippen LogP contribution is -2.37. The van der Waals surface area contributed by atoms with Crippen LogP contribution in [0.3, 0.4) is 0 Å². The maximum absolute atomic E-state index is 11.3. The zero-order valence-corrected chi connectivity index (χ0v) is 10.1. The lowest BCUT2D eigenvalue weighted by atomic mass is 9.80. The van der Waals surface area contributed by atoms with Crippen molar-refractivity contribution in [2.24, 2.45) is 7.05 Å². The molecule has 86 valence electrons. The maximum atomic E-state index is 11.3. The van der Waals surface area contributed by atoms with E-state index in [0.29, 0.717) is 0 Å². The van der Waals surface area contributed by atoms with Crippen molar-refractivity contribution in [3.63, 3.8) is 0 Å². The highest BCUT2D eigenvalue weighted by Gasteiger charge is 2.43. The lowest BCUT2D eigenvalue weighted by Gasteiger charge is -2.21. The molecule has 0 saturated carbocycles. The Morgan fingerprint density at radius 3 is 2.62 bits per heavy atom. The summed E-state index contributed by atoms with van der Waals surface area (Å²) in [6, 6.07) is 3.28. The molecule has 4 nitrogen and oxygen atoms in total. The molecular weight excluding hydrogens is 205 g/mol. The molecule has 16 heavy (non-hydrogen) atoms. The molecule has 1 aromatic heterocycles. The van der Waals surface area contributed by atoms with E-state index in [1.165, 1.54) is 10.6 Å². The van der Waals surface area contributed by atoms with Crippen molar-refractivity contribution in [3.8, 4) is 0 Å². The summed E-state index contributed by atoms with van der Waals surface area (Å²) in [5.41, 5.74) is 0.549. The summed E-state index contributed by atoms with van der Waals surface area (Å²) in [5.74, 6) is 0. The van der Waals surface area contributed by atoms with Crippen LogP contribution in [0.2, 0.25) is 0 Å². The Balaban J connectivity index is 2.27. The van der Waals surface area contributed by atoms with Gasteiger partial charge in [0.05, 0.1) is 11.7 Å². The van der Waals surface area contributed by atoms with Crippen LogP contribution in [0, 0.1) is 0 Å². The smallest absolute Gasteiger partial charge is 0.402 e. The van der Waals surface area contributed by atoms with Crippen molar-refractivity contribution in [1.82, 2.24) is 4.57 Å². The Morgan fingerprint density at radius 1 is 1.44 bits per heavy atom. The van der Waals surface area contributed by atoms with Crippen molar-refractivity contribution < 1.29 is 9.31 Å². The van der Waals surface area contributed by atoms with Gasteiger partial charge in [0, 0.05) is 19.3 Å². The first-order valence-electron chi connectivity index (χ1n) is 5.40. The van der Waals surface area contributed by atoms with E-state index < -0.39 is 0 Å².